The Hall–Kier alpha value is -2.30. The van der Waals surface area contributed by atoms with Crippen LogP contribution in [-0.2, 0) is 9.59 Å². The number of amides is 1. The Balaban J connectivity index is 2.60. The van der Waals surface area contributed by atoms with Gasteiger partial charge in [-0.2, -0.15) is 0 Å². The summed E-state index contributed by atoms with van der Waals surface area (Å²) in [7, 11) is 0. The van der Waals surface area contributed by atoms with E-state index in [4.69, 9.17) is 0 Å². The molecule has 1 unspecified atom stereocenters. The molecule has 1 amide bonds. The second-order valence-corrected chi connectivity index (χ2v) is 6.84. The number of aliphatic hydroxyl groups is 1. The number of benzene rings is 1. The van der Waals surface area contributed by atoms with Crippen LogP contribution < -0.4 is 0 Å². The van der Waals surface area contributed by atoms with Gasteiger partial charge in [-0.1, -0.05) is 39.8 Å². The fraction of sp³-hybridized carbons (Fsp3) is 0.444. The maximum absolute atomic E-state index is 12.8. The predicted molar refractivity (Wildman–Crippen MR) is 87.0 cm³/mol. The van der Waals surface area contributed by atoms with Gasteiger partial charge in [-0.05, 0) is 24.1 Å². The lowest BCUT2D eigenvalue weighted by molar-refractivity contribution is -0.129. The lowest BCUT2D eigenvalue weighted by Gasteiger charge is -2.28. The summed E-state index contributed by atoms with van der Waals surface area (Å²) in [6.07, 6.45) is 0.700. The van der Waals surface area contributed by atoms with Crippen molar-refractivity contribution in [1.29, 1.82) is 0 Å². The first-order valence-electron chi connectivity index (χ1n) is 7.76. The lowest BCUT2D eigenvalue weighted by Crippen LogP contribution is -2.33. The molecule has 1 aromatic carbocycles. The molecule has 2 rings (SSSR count). The number of phenols is 1. The molecule has 1 aromatic rings. The van der Waals surface area contributed by atoms with Crippen LogP contribution in [0.15, 0.2) is 35.6 Å². The summed E-state index contributed by atoms with van der Waals surface area (Å²) in [6, 6.07) is 5.79. The van der Waals surface area contributed by atoms with Gasteiger partial charge in [0.2, 0.25) is 0 Å². The maximum atomic E-state index is 12.8. The van der Waals surface area contributed by atoms with Gasteiger partial charge in [0.25, 0.3) is 5.91 Å². The number of Topliss-reactive ketones (excluding diaryl/α,β-unsaturated/α-hetero) is 1. The second kappa shape index (κ2) is 6.07. The molecule has 0 fully saturated rings. The SMILES string of the molecule is CCCN1C(=O)C(O)=C(C(=O)C(C)(C)C)C1c1cccc(O)c1. The number of hydrogen-bond donors (Lipinski definition) is 2. The predicted octanol–water partition coefficient (Wildman–Crippen LogP) is 3.11. The standard InChI is InChI=1S/C18H23NO4/c1-5-9-19-14(11-7-6-8-12(20)10-11)13(15(21)17(19)23)16(22)18(2,3)4/h6-8,10,14,20-21H,5,9H2,1-4H3. The van der Waals surface area contributed by atoms with E-state index in [0.717, 1.165) is 0 Å². The number of carbonyl (C=O) groups is 2. The number of aliphatic hydroxyl groups excluding tert-OH is 1. The molecule has 5 nitrogen and oxygen atoms in total. The fourth-order valence-electron chi connectivity index (χ4n) is 2.80. The Morgan fingerprint density at radius 3 is 2.43 bits per heavy atom. The molecule has 0 aromatic heterocycles. The van der Waals surface area contributed by atoms with Gasteiger partial charge >= 0.3 is 0 Å². The Kier molecular flexibility index (Phi) is 4.50. The normalized spacial score (nSPS) is 18.7. The summed E-state index contributed by atoms with van der Waals surface area (Å²) in [5.41, 5.74) is 0.00552. The Morgan fingerprint density at radius 2 is 1.91 bits per heavy atom. The fourth-order valence-corrected chi connectivity index (χ4v) is 2.80. The average Bonchev–Trinajstić information content (AvgIpc) is 2.71. The zero-order valence-corrected chi connectivity index (χ0v) is 14.0. The number of nitrogens with zero attached hydrogens (tertiary/aromatic N) is 1. The number of phenolic OH excluding ortho intramolecular Hbond substituents is 1. The van der Waals surface area contributed by atoms with E-state index in [1.54, 1.807) is 32.9 Å². The van der Waals surface area contributed by atoms with Gasteiger partial charge in [-0.15, -0.1) is 0 Å². The number of ketones is 1. The van der Waals surface area contributed by atoms with E-state index < -0.39 is 23.1 Å². The molecule has 1 heterocycles. The molecule has 2 N–H and O–H groups in total. The zero-order chi connectivity index (χ0) is 17.4. The van der Waals surface area contributed by atoms with Crippen molar-refractivity contribution in [3.63, 3.8) is 0 Å². The smallest absolute Gasteiger partial charge is 0.290 e. The third kappa shape index (κ3) is 3.09. The topological polar surface area (TPSA) is 77.8 Å². The van der Waals surface area contributed by atoms with Crippen molar-refractivity contribution >= 4 is 11.7 Å². The van der Waals surface area contributed by atoms with Crippen molar-refractivity contribution in [2.45, 2.75) is 40.2 Å². The van der Waals surface area contributed by atoms with Crippen LogP contribution >= 0.6 is 0 Å². The molecule has 0 bridgehead atoms. The van der Waals surface area contributed by atoms with Crippen LogP contribution in [0.4, 0.5) is 0 Å². The van der Waals surface area contributed by atoms with Crippen LogP contribution in [0.5, 0.6) is 5.75 Å². The van der Waals surface area contributed by atoms with Crippen molar-refractivity contribution < 1.29 is 19.8 Å². The number of aromatic hydroxyl groups is 1. The largest absolute Gasteiger partial charge is 0.508 e. The Bertz CT molecular complexity index is 670. The molecule has 23 heavy (non-hydrogen) atoms. The minimum atomic E-state index is -0.721. The molecular formula is C18H23NO4. The molecule has 5 heteroatoms. The highest BCUT2D eigenvalue weighted by atomic mass is 16.3. The van der Waals surface area contributed by atoms with E-state index in [1.165, 1.54) is 17.0 Å². The highest BCUT2D eigenvalue weighted by Crippen LogP contribution is 2.41. The number of rotatable bonds is 4. The van der Waals surface area contributed by atoms with Gasteiger partial charge in [0.1, 0.15) is 5.75 Å². The summed E-state index contributed by atoms with van der Waals surface area (Å²) in [5.74, 6) is -1.23. The summed E-state index contributed by atoms with van der Waals surface area (Å²) in [5, 5.41) is 20.0. The van der Waals surface area contributed by atoms with Crippen molar-refractivity contribution in [2.24, 2.45) is 5.41 Å². The number of hydrogen-bond acceptors (Lipinski definition) is 4. The molecular weight excluding hydrogens is 294 g/mol. The van der Waals surface area contributed by atoms with Gasteiger partial charge in [0.15, 0.2) is 11.5 Å². The number of carbonyl (C=O) groups excluding carboxylic acids is 2. The summed E-state index contributed by atoms with van der Waals surface area (Å²) in [4.78, 5) is 26.7. The quantitative estimate of drug-likeness (QED) is 0.894. The molecule has 1 atom stereocenters. The zero-order valence-electron chi connectivity index (χ0n) is 14.0. The molecule has 1 aliphatic heterocycles. The molecule has 0 spiro atoms. The molecule has 0 saturated heterocycles. The van der Waals surface area contributed by atoms with Crippen LogP contribution in [0, 0.1) is 5.41 Å². The first-order chi connectivity index (χ1) is 10.7. The van der Waals surface area contributed by atoms with Gasteiger partial charge in [-0.3, -0.25) is 9.59 Å². The van der Waals surface area contributed by atoms with E-state index in [0.29, 0.717) is 18.5 Å². The van der Waals surface area contributed by atoms with Crippen LogP contribution in [0.2, 0.25) is 0 Å². The van der Waals surface area contributed by atoms with E-state index in [-0.39, 0.29) is 17.1 Å². The maximum Gasteiger partial charge on any atom is 0.290 e. The summed E-state index contributed by atoms with van der Waals surface area (Å²) >= 11 is 0. The van der Waals surface area contributed by atoms with Gasteiger partial charge in [-0.25, -0.2) is 0 Å². The molecule has 0 radical (unpaired) electrons. The van der Waals surface area contributed by atoms with Crippen molar-refractivity contribution in [1.82, 2.24) is 4.90 Å². The van der Waals surface area contributed by atoms with Gasteiger partial charge in [0, 0.05) is 12.0 Å². The van der Waals surface area contributed by atoms with Crippen molar-refractivity contribution in [3.8, 4) is 5.75 Å². The molecule has 0 saturated carbocycles. The van der Waals surface area contributed by atoms with Crippen LogP contribution in [0.3, 0.4) is 0 Å². The minimum absolute atomic E-state index is 0.0559. The van der Waals surface area contributed by atoms with Crippen molar-refractivity contribution in [2.75, 3.05) is 6.54 Å². The summed E-state index contributed by atoms with van der Waals surface area (Å²) in [6.45, 7) is 7.60. The second-order valence-electron chi connectivity index (χ2n) is 6.84. The monoisotopic (exact) mass is 317 g/mol. The van der Waals surface area contributed by atoms with Gasteiger partial charge < -0.3 is 15.1 Å². The molecule has 1 aliphatic rings. The van der Waals surface area contributed by atoms with E-state index >= 15 is 0 Å². The molecule has 0 aliphatic carbocycles. The third-order valence-corrected chi connectivity index (χ3v) is 3.88. The van der Waals surface area contributed by atoms with Crippen LogP contribution in [0.25, 0.3) is 0 Å². The average molecular weight is 317 g/mol. The summed E-state index contributed by atoms with van der Waals surface area (Å²) < 4.78 is 0. The van der Waals surface area contributed by atoms with Crippen LogP contribution in [0.1, 0.15) is 45.7 Å². The first-order valence-corrected chi connectivity index (χ1v) is 7.76. The highest BCUT2D eigenvalue weighted by Gasteiger charge is 2.45. The highest BCUT2D eigenvalue weighted by molar-refractivity contribution is 6.10. The van der Waals surface area contributed by atoms with E-state index in [1.807, 2.05) is 6.92 Å². The first kappa shape index (κ1) is 17.1. The third-order valence-electron chi connectivity index (χ3n) is 3.88. The van der Waals surface area contributed by atoms with E-state index in [9.17, 15) is 19.8 Å². The van der Waals surface area contributed by atoms with E-state index in [2.05, 4.69) is 0 Å². The van der Waals surface area contributed by atoms with Gasteiger partial charge in [0.05, 0.1) is 11.6 Å². The lowest BCUT2D eigenvalue weighted by atomic mass is 9.82. The van der Waals surface area contributed by atoms with Crippen molar-refractivity contribution in [3.05, 3.63) is 41.2 Å². The van der Waals surface area contributed by atoms with Crippen LogP contribution in [-0.4, -0.2) is 33.3 Å². The Labute approximate surface area is 136 Å². The molecule has 124 valence electrons. The Morgan fingerprint density at radius 1 is 1.26 bits per heavy atom. The minimum Gasteiger partial charge on any atom is -0.508 e.